The molecule has 3 nitrogen and oxygen atoms in total. The van der Waals surface area contributed by atoms with Gasteiger partial charge in [0, 0.05) is 54.0 Å². The van der Waals surface area contributed by atoms with Crippen LogP contribution in [0.1, 0.15) is 110 Å². The zero-order valence-corrected chi connectivity index (χ0v) is 35.9. The summed E-state index contributed by atoms with van der Waals surface area (Å²) < 4.78 is 0. The van der Waals surface area contributed by atoms with E-state index < -0.39 is 0 Å². The van der Waals surface area contributed by atoms with Crippen LogP contribution in [0.5, 0.6) is 0 Å². The first-order valence-corrected chi connectivity index (χ1v) is 19.4. The summed E-state index contributed by atoms with van der Waals surface area (Å²) in [6, 6.07) is 26.0. The predicted molar refractivity (Wildman–Crippen MR) is 217 cm³/mol. The third-order valence-electron chi connectivity index (χ3n) is 9.99. The number of fused-ring (bicyclic) bond motifs is 2. The van der Waals surface area contributed by atoms with E-state index >= 15 is 0 Å². The number of aromatic nitrogens is 1. The molecule has 275 valence electrons. The molecule has 3 aromatic carbocycles. The number of nitrogens with zero attached hydrogens (tertiary/aromatic N) is 1. The molecular formula is C46H58IrNO2S-. The summed E-state index contributed by atoms with van der Waals surface area (Å²) in [5, 5.41) is 13.5. The molecule has 0 spiro atoms. The van der Waals surface area contributed by atoms with Gasteiger partial charge in [-0.15, -0.1) is 40.5 Å². The Balaban J connectivity index is 0.000000374. The van der Waals surface area contributed by atoms with Crippen LogP contribution < -0.4 is 0 Å². The van der Waals surface area contributed by atoms with Gasteiger partial charge in [-0.1, -0.05) is 122 Å². The zero-order chi connectivity index (χ0) is 36.7. The number of carbonyl (C=O) groups is 1. The second kappa shape index (κ2) is 18.6. The van der Waals surface area contributed by atoms with Crippen LogP contribution in [0.2, 0.25) is 0 Å². The number of carbonyl (C=O) groups excluding carboxylic acids is 1. The Hall–Kier alpha value is -3.11. The van der Waals surface area contributed by atoms with Crippen LogP contribution in [0.4, 0.5) is 0 Å². The molecule has 1 N–H and O–H groups in total. The van der Waals surface area contributed by atoms with Crippen molar-refractivity contribution in [1.82, 2.24) is 4.98 Å². The summed E-state index contributed by atoms with van der Waals surface area (Å²) in [4.78, 5) is 19.3. The molecule has 0 aliphatic carbocycles. The van der Waals surface area contributed by atoms with Crippen molar-refractivity contribution in [1.29, 1.82) is 0 Å². The monoisotopic (exact) mass is 881 g/mol. The number of aliphatic hydroxyl groups is 1. The molecule has 0 amide bonds. The molecule has 2 aromatic heterocycles. The number of benzene rings is 3. The molecule has 0 aliphatic rings. The van der Waals surface area contributed by atoms with Crippen molar-refractivity contribution < 1.29 is 30.0 Å². The fraction of sp³-hybridized carbons (Fsp3) is 0.435. The fourth-order valence-corrected chi connectivity index (χ4v) is 7.84. The Morgan fingerprint density at radius 2 is 1.51 bits per heavy atom. The Labute approximate surface area is 325 Å². The second-order valence-corrected chi connectivity index (χ2v) is 16.4. The first-order chi connectivity index (χ1) is 23.7. The second-order valence-electron chi connectivity index (χ2n) is 15.2. The number of aliphatic hydroxyl groups excluding tert-OH is 1. The summed E-state index contributed by atoms with van der Waals surface area (Å²) in [6.45, 7) is 23.9. The summed E-state index contributed by atoms with van der Waals surface area (Å²) in [5.41, 5.74) is 8.67. The van der Waals surface area contributed by atoms with Crippen molar-refractivity contribution in [3.05, 3.63) is 100 Å². The van der Waals surface area contributed by atoms with Crippen LogP contribution in [0.3, 0.4) is 0 Å². The van der Waals surface area contributed by atoms with Gasteiger partial charge in [0.15, 0.2) is 5.78 Å². The smallest absolute Gasteiger partial charge is 0.162 e. The van der Waals surface area contributed by atoms with Crippen molar-refractivity contribution in [2.24, 2.45) is 17.8 Å². The summed E-state index contributed by atoms with van der Waals surface area (Å²) >= 11 is 1.80. The number of rotatable bonds is 11. The number of hydrogen-bond donors (Lipinski definition) is 1. The number of aryl methyl sites for hydroxylation is 2. The number of allylic oxidation sites excluding steroid dienone is 2. The van der Waals surface area contributed by atoms with Gasteiger partial charge in [0.1, 0.15) is 4.83 Å². The normalized spacial score (nSPS) is 12.1. The van der Waals surface area contributed by atoms with Crippen LogP contribution in [0.25, 0.3) is 43.4 Å². The van der Waals surface area contributed by atoms with E-state index in [0.717, 1.165) is 53.6 Å². The SMILES string of the molecule is CCC(CC)C(=O)/C=C(\O)C(CC)CC.Cc1sc2nc(-c3[c-]c4ccccc4c(C(C)(C)C)c3)cc(-c3ccc(CC(C)C)cc3)c2c1C.[Ir]. The van der Waals surface area contributed by atoms with Crippen molar-refractivity contribution >= 4 is 38.1 Å². The maximum Gasteiger partial charge on any atom is 0.162 e. The van der Waals surface area contributed by atoms with Crippen molar-refractivity contribution in [3.8, 4) is 22.4 Å². The molecule has 5 aromatic rings. The molecule has 51 heavy (non-hydrogen) atoms. The van der Waals surface area contributed by atoms with E-state index in [0.29, 0.717) is 5.92 Å². The Bertz CT molecular complexity index is 1940. The standard InChI is InChI=1S/C33H34NS.C13H24O2.Ir/c1-20(2)16-23-12-14-24(15-13-23)28-19-30(34-32-31(28)21(3)22(4)35-32)26-17-25-10-8-9-11-27(25)29(18-26)33(5,6)7;1-5-10(6-2)12(14)9-13(15)11(7-3)8-4;/h8-15,18-20H,16H2,1-7H3;9-11,14H,5-8H2,1-4H3;/q-1;;/b;12-9-;. The van der Waals surface area contributed by atoms with Gasteiger partial charge in [0.05, 0.1) is 5.76 Å². The molecule has 1 radical (unpaired) electrons. The number of pyridine rings is 1. The van der Waals surface area contributed by atoms with Crippen molar-refractivity contribution in [3.63, 3.8) is 0 Å². The molecule has 2 heterocycles. The van der Waals surface area contributed by atoms with Gasteiger partial charge >= 0.3 is 0 Å². The number of hydrogen-bond acceptors (Lipinski definition) is 4. The Morgan fingerprint density at radius 3 is 2.08 bits per heavy atom. The quantitative estimate of drug-likeness (QED) is 0.0817. The molecule has 0 bridgehead atoms. The molecule has 5 rings (SSSR count). The topological polar surface area (TPSA) is 50.2 Å². The average Bonchev–Trinajstić information content (AvgIpc) is 3.37. The van der Waals surface area contributed by atoms with Gasteiger partial charge in [-0.3, -0.25) is 9.78 Å². The summed E-state index contributed by atoms with van der Waals surface area (Å²) in [5.74, 6) is 1.20. The molecule has 0 saturated carbocycles. The third-order valence-corrected chi connectivity index (χ3v) is 11.1. The van der Waals surface area contributed by atoms with E-state index in [-0.39, 0.29) is 48.9 Å². The molecule has 0 aliphatic heterocycles. The van der Waals surface area contributed by atoms with Crippen LogP contribution in [0, 0.1) is 37.7 Å². The Kier molecular flexibility index (Phi) is 15.4. The largest absolute Gasteiger partial charge is 0.512 e. The Morgan fingerprint density at radius 1 is 0.902 bits per heavy atom. The van der Waals surface area contributed by atoms with Crippen LogP contribution in [-0.2, 0) is 36.7 Å². The predicted octanol–water partition coefficient (Wildman–Crippen LogP) is 13.6. The van der Waals surface area contributed by atoms with Gasteiger partial charge in [0.2, 0.25) is 0 Å². The van der Waals surface area contributed by atoms with Crippen LogP contribution in [0.15, 0.2) is 72.5 Å². The zero-order valence-electron chi connectivity index (χ0n) is 32.7. The molecule has 0 saturated heterocycles. The molecule has 5 heteroatoms. The number of thiophene rings is 1. The minimum absolute atomic E-state index is 0. The van der Waals surface area contributed by atoms with Gasteiger partial charge in [-0.05, 0) is 79.5 Å². The fourth-order valence-electron chi connectivity index (χ4n) is 6.78. The first kappa shape index (κ1) is 42.3. The molecule has 0 atom stereocenters. The van der Waals surface area contributed by atoms with E-state index in [9.17, 15) is 9.90 Å². The summed E-state index contributed by atoms with van der Waals surface area (Å²) in [7, 11) is 0. The number of ketones is 1. The molecule has 0 fully saturated rings. The van der Waals surface area contributed by atoms with Gasteiger partial charge in [-0.25, -0.2) is 0 Å². The average molecular weight is 881 g/mol. The maximum atomic E-state index is 11.7. The van der Waals surface area contributed by atoms with E-state index in [1.165, 1.54) is 49.5 Å². The van der Waals surface area contributed by atoms with Crippen molar-refractivity contribution in [2.75, 3.05) is 0 Å². The molecular weight excluding hydrogens is 823 g/mol. The van der Waals surface area contributed by atoms with E-state index in [4.69, 9.17) is 4.98 Å². The van der Waals surface area contributed by atoms with Crippen molar-refractivity contribution in [2.45, 2.75) is 114 Å². The van der Waals surface area contributed by atoms with Gasteiger partial charge in [-0.2, -0.15) is 0 Å². The minimum atomic E-state index is 0. The summed E-state index contributed by atoms with van der Waals surface area (Å²) in [6.07, 6.45) is 6.01. The minimum Gasteiger partial charge on any atom is -0.512 e. The van der Waals surface area contributed by atoms with E-state index in [2.05, 4.69) is 115 Å². The maximum absolute atomic E-state index is 11.7. The van der Waals surface area contributed by atoms with Crippen LogP contribution >= 0.6 is 11.3 Å². The van der Waals surface area contributed by atoms with E-state index in [1.807, 2.05) is 27.7 Å². The van der Waals surface area contributed by atoms with E-state index in [1.54, 1.807) is 11.3 Å². The van der Waals surface area contributed by atoms with Crippen LogP contribution in [-0.4, -0.2) is 15.9 Å². The van der Waals surface area contributed by atoms with Gasteiger partial charge in [0.25, 0.3) is 0 Å². The third kappa shape index (κ3) is 10.3. The molecule has 0 unspecified atom stereocenters. The van der Waals surface area contributed by atoms with Gasteiger partial charge < -0.3 is 5.11 Å². The first-order valence-electron chi connectivity index (χ1n) is 18.6.